The number of aliphatic hydroxyl groups is 1. The van der Waals surface area contributed by atoms with Crippen molar-refractivity contribution in [3.8, 4) is 0 Å². The fourth-order valence-electron chi connectivity index (χ4n) is 4.43. The molecule has 8 heteroatoms. The number of amides is 1. The first-order valence-corrected chi connectivity index (χ1v) is 8.95. The first kappa shape index (κ1) is 18.1. The zero-order valence-corrected chi connectivity index (χ0v) is 15.1. The molecule has 1 saturated heterocycles. The number of carbonyl (C=O) groups is 2. The Morgan fingerprint density at radius 2 is 1.96 bits per heavy atom. The molecule has 0 radical (unpaired) electrons. The number of ether oxygens (including phenoxy) is 1. The van der Waals surface area contributed by atoms with Crippen LogP contribution in [0.15, 0.2) is 48.5 Å². The van der Waals surface area contributed by atoms with E-state index in [1.54, 1.807) is 43.3 Å². The van der Waals surface area contributed by atoms with Crippen molar-refractivity contribution in [3.63, 3.8) is 0 Å². The predicted octanol–water partition coefficient (Wildman–Crippen LogP) is 2.31. The van der Waals surface area contributed by atoms with Gasteiger partial charge in [0, 0.05) is 35.6 Å². The highest BCUT2D eigenvalue weighted by atomic mass is 16.6. The van der Waals surface area contributed by atoms with Crippen molar-refractivity contribution in [1.29, 1.82) is 0 Å². The van der Waals surface area contributed by atoms with E-state index in [9.17, 15) is 24.8 Å². The number of fused-ring (bicyclic) bond motifs is 3. The van der Waals surface area contributed by atoms with Crippen LogP contribution in [0, 0.1) is 10.1 Å². The molecule has 144 valence electrons. The normalized spacial score (nSPS) is 25.4. The van der Waals surface area contributed by atoms with Crippen molar-refractivity contribution in [3.05, 3.63) is 75.3 Å². The number of hydrogen-bond donors (Lipinski definition) is 1. The molecule has 2 aromatic rings. The minimum atomic E-state index is -1.50. The van der Waals surface area contributed by atoms with Crippen LogP contribution in [0.2, 0.25) is 0 Å². The number of nitrogens with zero attached hydrogens (tertiary/aromatic N) is 2. The van der Waals surface area contributed by atoms with Gasteiger partial charge in [-0.05, 0) is 18.6 Å². The summed E-state index contributed by atoms with van der Waals surface area (Å²) in [5.74, 6) is -1.65. The van der Waals surface area contributed by atoms with Crippen LogP contribution in [-0.2, 0) is 15.1 Å². The van der Waals surface area contributed by atoms with Crippen LogP contribution in [0.5, 0.6) is 0 Å². The number of aliphatic hydroxyl groups excluding tert-OH is 1. The molecular formula is C20H18N2O6. The third-order valence-electron chi connectivity index (χ3n) is 5.51. The standard InChI is InChI=1S/C20H18N2O6/c1-2-28-19(25)20-15-6-4-3-5-14(15)18(24)21(20)17(23)11-16(20)12-7-9-13(10-8-12)22(26)27/h3-10,16-17,23H,2,11H2,1H3/t16-,17+,20+/m0/s1. The zero-order chi connectivity index (χ0) is 20.1. The maximum Gasteiger partial charge on any atom is 0.337 e. The fraction of sp³-hybridized carbons (Fsp3) is 0.300. The number of hydrogen-bond acceptors (Lipinski definition) is 6. The molecule has 3 atom stereocenters. The molecule has 0 unspecified atom stereocenters. The van der Waals surface area contributed by atoms with E-state index in [1.807, 2.05) is 0 Å². The number of rotatable bonds is 4. The number of esters is 1. The average Bonchev–Trinajstić information content (AvgIpc) is 3.15. The van der Waals surface area contributed by atoms with Gasteiger partial charge in [0.1, 0.15) is 6.23 Å². The van der Waals surface area contributed by atoms with E-state index in [-0.39, 0.29) is 18.7 Å². The lowest BCUT2D eigenvalue weighted by Gasteiger charge is -2.35. The predicted molar refractivity (Wildman–Crippen MR) is 97.4 cm³/mol. The van der Waals surface area contributed by atoms with Gasteiger partial charge in [-0.15, -0.1) is 0 Å². The van der Waals surface area contributed by atoms with Gasteiger partial charge in [-0.1, -0.05) is 30.3 Å². The molecule has 2 aromatic carbocycles. The number of nitro benzene ring substituents is 1. The second-order valence-electron chi connectivity index (χ2n) is 6.83. The summed E-state index contributed by atoms with van der Waals surface area (Å²) in [5, 5.41) is 21.7. The van der Waals surface area contributed by atoms with E-state index >= 15 is 0 Å². The van der Waals surface area contributed by atoms with Crippen LogP contribution in [0.3, 0.4) is 0 Å². The minimum absolute atomic E-state index is 0.0766. The van der Waals surface area contributed by atoms with Gasteiger partial charge in [0.15, 0.2) is 5.54 Å². The van der Waals surface area contributed by atoms with Crippen molar-refractivity contribution in [1.82, 2.24) is 4.90 Å². The third-order valence-corrected chi connectivity index (χ3v) is 5.51. The van der Waals surface area contributed by atoms with E-state index in [2.05, 4.69) is 0 Å². The maximum absolute atomic E-state index is 13.2. The topological polar surface area (TPSA) is 110 Å². The van der Waals surface area contributed by atoms with Crippen molar-refractivity contribution in [2.24, 2.45) is 0 Å². The van der Waals surface area contributed by atoms with E-state index in [1.165, 1.54) is 17.0 Å². The molecule has 0 spiro atoms. The highest BCUT2D eigenvalue weighted by Crippen LogP contribution is 2.56. The quantitative estimate of drug-likeness (QED) is 0.494. The Balaban J connectivity index is 1.93. The highest BCUT2D eigenvalue weighted by molar-refractivity contribution is 6.07. The van der Waals surface area contributed by atoms with Crippen LogP contribution in [0.4, 0.5) is 5.69 Å². The molecule has 1 amide bonds. The molecule has 4 rings (SSSR count). The number of benzene rings is 2. The molecule has 2 aliphatic heterocycles. The van der Waals surface area contributed by atoms with Crippen LogP contribution in [-0.4, -0.2) is 39.6 Å². The summed E-state index contributed by atoms with van der Waals surface area (Å²) in [4.78, 5) is 37.9. The molecule has 2 aliphatic rings. The lowest BCUT2D eigenvalue weighted by atomic mass is 9.75. The largest absolute Gasteiger partial charge is 0.464 e. The van der Waals surface area contributed by atoms with Crippen molar-refractivity contribution in [2.75, 3.05) is 6.61 Å². The van der Waals surface area contributed by atoms with E-state index in [4.69, 9.17) is 4.74 Å². The Morgan fingerprint density at radius 1 is 1.29 bits per heavy atom. The summed E-state index contributed by atoms with van der Waals surface area (Å²) in [6.07, 6.45) is -1.05. The molecule has 0 aromatic heterocycles. The summed E-state index contributed by atoms with van der Waals surface area (Å²) < 4.78 is 5.35. The van der Waals surface area contributed by atoms with Crippen molar-refractivity contribution in [2.45, 2.75) is 31.0 Å². The first-order chi connectivity index (χ1) is 13.4. The van der Waals surface area contributed by atoms with E-state index in [0.29, 0.717) is 16.7 Å². The fourth-order valence-corrected chi connectivity index (χ4v) is 4.43. The minimum Gasteiger partial charge on any atom is -0.464 e. The lowest BCUT2D eigenvalue weighted by molar-refractivity contribution is -0.384. The van der Waals surface area contributed by atoms with Gasteiger partial charge >= 0.3 is 5.97 Å². The second kappa shape index (κ2) is 6.42. The average molecular weight is 382 g/mol. The van der Waals surface area contributed by atoms with Crippen molar-refractivity contribution >= 4 is 17.6 Å². The Morgan fingerprint density at radius 3 is 2.61 bits per heavy atom. The number of carbonyl (C=O) groups excluding carboxylic acids is 2. The van der Waals surface area contributed by atoms with E-state index < -0.39 is 34.5 Å². The third kappa shape index (κ3) is 2.27. The lowest BCUT2D eigenvalue weighted by Crippen LogP contribution is -2.51. The summed E-state index contributed by atoms with van der Waals surface area (Å²) >= 11 is 0. The Labute approximate surface area is 160 Å². The molecule has 28 heavy (non-hydrogen) atoms. The zero-order valence-electron chi connectivity index (χ0n) is 15.1. The smallest absolute Gasteiger partial charge is 0.337 e. The molecule has 0 bridgehead atoms. The van der Waals surface area contributed by atoms with E-state index in [0.717, 1.165) is 0 Å². The first-order valence-electron chi connectivity index (χ1n) is 8.95. The SMILES string of the molecule is CCOC(=O)[C@]12c3ccccc3C(=O)N1[C@H](O)C[C@H]2c1ccc([N+](=O)[O-])cc1. The van der Waals surface area contributed by atoms with Gasteiger partial charge in [0.05, 0.1) is 11.5 Å². The van der Waals surface area contributed by atoms with Crippen LogP contribution in [0.25, 0.3) is 0 Å². The molecule has 8 nitrogen and oxygen atoms in total. The molecule has 0 aliphatic carbocycles. The van der Waals surface area contributed by atoms with Gasteiger partial charge in [-0.2, -0.15) is 0 Å². The summed E-state index contributed by atoms with van der Waals surface area (Å²) in [7, 11) is 0. The number of non-ortho nitro benzene ring substituents is 1. The van der Waals surface area contributed by atoms with Gasteiger partial charge in [-0.25, -0.2) is 4.79 Å². The summed E-state index contributed by atoms with van der Waals surface area (Å²) in [6.45, 7) is 1.79. The van der Waals surface area contributed by atoms with Crippen LogP contribution >= 0.6 is 0 Å². The van der Waals surface area contributed by atoms with Gasteiger partial charge in [-0.3, -0.25) is 19.8 Å². The molecule has 0 saturated carbocycles. The number of nitro groups is 1. The van der Waals surface area contributed by atoms with Crippen LogP contribution < -0.4 is 0 Å². The monoisotopic (exact) mass is 382 g/mol. The van der Waals surface area contributed by atoms with Crippen LogP contribution in [0.1, 0.15) is 40.7 Å². The summed E-state index contributed by atoms with van der Waals surface area (Å²) in [6, 6.07) is 12.6. The molecule has 2 heterocycles. The van der Waals surface area contributed by atoms with Gasteiger partial charge < -0.3 is 9.84 Å². The second-order valence-corrected chi connectivity index (χ2v) is 6.83. The molecular weight excluding hydrogens is 364 g/mol. The molecule has 1 N–H and O–H groups in total. The van der Waals surface area contributed by atoms with Crippen molar-refractivity contribution < 1.29 is 24.4 Å². The maximum atomic E-state index is 13.2. The Bertz CT molecular complexity index is 973. The Kier molecular flexibility index (Phi) is 4.15. The van der Waals surface area contributed by atoms with Gasteiger partial charge in [0.2, 0.25) is 0 Å². The van der Waals surface area contributed by atoms with Gasteiger partial charge in [0.25, 0.3) is 11.6 Å². The highest BCUT2D eigenvalue weighted by Gasteiger charge is 2.66. The summed E-state index contributed by atoms with van der Waals surface area (Å²) in [5.41, 5.74) is -0.129. The Hall–Kier alpha value is -3.26. The molecule has 1 fully saturated rings.